The van der Waals surface area contributed by atoms with Gasteiger partial charge in [0.2, 0.25) is 5.88 Å². The zero-order chi connectivity index (χ0) is 13.7. The van der Waals surface area contributed by atoms with Crippen LogP contribution in [0.1, 0.15) is 20.8 Å². The number of nitrogens with one attached hydrogen (secondary N) is 1. The highest BCUT2D eigenvalue weighted by Crippen LogP contribution is 2.13. The number of aromatic nitrogens is 4. The van der Waals surface area contributed by atoms with E-state index in [-0.39, 0.29) is 12.1 Å². The first-order chi connectivity index (χ1) is 9.13. The minimum atomic E-state index is 0.101. The van der Waals surface area contributed by atoms with Crippen LogP contribution >= 0.6 is 0 Å². The zero-order valence-corrected chi connectivity index (χ0v) is 11.4. The summed E-state index contributed by atoms with van der Waals surface area (Å²) in [6.45, 7) is 6.79. The van der Waals surface area contributed by atoms with Gasteiger partial charge in [-0.3, -0.25) is 4.68 Å². The van der Waals surface area contributed by atoms with Crippen LogP contribution in [0.3, 0.4) is 0 Å². The highest BCUT2D eigenvalue weighted by molar-refractivity contribution is 5.37. The first-order valence-electron chi connectivity index (χ1n) is 6.36. The Labute approximate surface area is 112 Å². The van der Waals surface area contributed by atoms with E-state index in [2.05, 4.69) is 27.3 Å². The molecule has 6 heteroatoms. The molecule has 0 radical (unpaired) electrons. The van der Waals surface area contributed by atoms with Crippen molar-refractivity contribution >= 4 is 5.82 Å². The number of ether oxygens (including phenoxy) is 1. The summed E-state index contributed by atoms with van der Waals surface area (Å²) in [6.07, 6.45) is 5.31. The first kappa shape index (κ1) is 13.3. The van der Waals surface area contributed by atoms with Crippen molar-refractivity contribution in [1.82, 2.24) is 19.7 Å². The number of hydrogen-bond donors (Lipinski definition) is 1. The van der Waals surface area contributed by atoms with Gasteiger partial charge in [-0.1, -0.05) is 0 Å². The van der Waals surface area contributed by atoms with Crippen LogP contribution in [0.25, 0.3) is 0 Å². The van der Waals surface area contributed by atoms with Gasteiger partial charge in [-0.15, -0.1) is 0 Å². The Balaban J connectivity index is 1.94. The van der Waals surface area contributed by atoms with E-state index >= 15 is 0 Å². The third-order valence-electron chi connectivity index (χ3n) is 2.41. The molecule has 0 spiro atoms. The number of hydrogen-bond acceptors (Lipinski definition) is 5. The summed E-state index contributed by atoms with van der Waals surface area (Å²) in [4.78, 5) is 8.26. The third kappa shape index (κ3) is 4.24. The summed E-state index contributed by atoms with van der Waals surface area (Å²) in [6, 6.07) is 3.92. The van der Waals surface area contributed by atoms with Crippen molar-refractivity contribution in [2.75, 3.05) is 5.32 Å². The normalized spacial score (nSPS) is 12.4. The van der Waals surface area contributed by atoms with Crippen molar-refractivity contribution in [3.05, 3.63) is 30.9 Å². The van der Waals surface area contributed by atoms with Gasteiger partial charge in [0.05, 0.1) is 12.6 Å². The second-order valence-corrected chi connectivity index (χ2v) is 4.68. The molecule has 1 unspecified atom stereocenters. The molecule has 6 nitrogen and oxygen atoms in total. The lowest BCUT2D eigenvalue weighted by atomic mass is 10.3. The minimum absolute atomic E-state index is 0.101. The zero-order valence-electron chi connectivity index (χ0n) is 11.4. The van der Waals surface area contributed by atoms with Crippen molar-refractivity contribution < 1.29 is 4.74 Å². The van der Waals surface area contributed by atoms with E-state index in [0.29, 0.717) is 5.88 Å². The van der Waals surface area contributed by atoms with Crippen molar-refractivity contribution in [3.63, 3.8) is 0 Å². The Hall–Kier alpha value is -2.11. The number of nitrogens with zero attached hydrogens (tertiary/aromatic N) is 4. The van der Waals surface area contributed by atoms with Crippen LogP contribution in [0.2, 0.25) is 0 Å². The lowest BCUT2D eigenvalue weighted by Gasteiger charge is -2.15. The summed E-state index contributed by atoms with van der Waals surface area (Å²) in [5, 5.41) is 7.48. The highest BCUT2D eigenvalue weighted by atomic mass is 16.5. The summed E-state index contributed by atoms with van der Waals surface area (Å²) in [5.41, 5.74) is 0. The second-order valence-electron chi connectivity index (χ2n) is 4.68. The van der Waals surface area contributed by atoms with Gasteiger partial charge < -0.3 is 10.1 Å². The van der Waals surface area contributed by atoms with E-state index in [4.69, 9.17) is 4.74 Å². The standard InChI is InChI=1S/C13H19N5O/c1-10(2)19-13-7-12(14-9-15-13)17-11(3)8-18-6-4-5-16-18/h4-7,9-11H,8H2,1-3H3,(H,14,15,17). The van der Waals surface area contributed by atoms with Crippen LogP contribution in [-0.2, 0) is 6.54 Å². The van der Waals surface area contributed by atoms with Crippen LogP contribution in [-0.4, -0.2) is 31.9 Å². The molecule has 1 N–H and O–H groups in total. The predicted octanol–water partition coefficient (Wildman–Crippen LogP) is 1.96. The Kier molecular flexibility index (Phi) is 4.33. The predicted molar refractivity (Wildman–Crippen MR) is 73.1 cm³/mol. The molecule has 2 aromatic heterocycles. The van der Waals surface area contributed by atoms with E-state index in [1.165, 1.54) is 6.33 Å². The average molecular weight is 261 g/mol. The monoisotopic (exact) mass is 261 g/mol. The van der Waals surface area contributed by atoms with E-state index < -0.39 is 0 Å². The van der Waals surface area contributed by atoms with Gasteiger partial charge >= 0.3 is 0 Å². The van der Waals surface area contributed by atoms with Crippen molar-refractivity contribution in [3.8, 4) is 5.88 Å². The van der Waals surface area contributed by atoms with Crippen molar-refractivity contribution in [2.24, 2.45) is 0 Å². The Morgan fingerprint density at radius 2 is 2.16 bits per heavy atom. The maximum atomic E-state index is 5.53. The molecular weight excluding hydrogens is 242 g/mol. The largest absolute Gasteiger partial charge is 0.475 e. The minimum Gasteiger partial charge on any atom is -0.475 e. The van der Waals surface area contributed by atoms with Gasteiger partial charge in [0.15, 0.2) is 0 Å². The molecule has 1 atom stereocenters. The number of anilines is 1. The highest BCUT2D eigenvalue weighted by Gasteiger charge is 2.06. The lowest BCUT2D eigenvalue weighted by Crippen LogP contribution is -2.22. The lowest BCUT2D eigenvalue weighted by molar-refractivity contribution is 0.232. The molecular formula is C13H19N5O. The molecule has 0 aromatic carbocycles. The molecule has 102 valence electrons. The maximum absolute atomic E-state index is 5.53. The Bertz CT molecular complexity index is 497. The van der Waals surface area contributed by atoms with Crippen LogP contribution in [0.5, 0.6) is 5.88 Å². The summed E-state index contributed by atoms with van der Waals surface area (Å²) < 4.78 is 7.41. The molecule has 19 heavy (non-hydrogen) atoms. The van der Waals surface area contributed by atoms with Crippen molar-refractivity contribution in [1.29, 1.82) is 0 Å². The molecule has 0 saturated heterocycles. The van der Waals surface area contributed by atoms with Gasteiger partial charge in [-0.05, 0) is 26.8 Å². The Morgan fingerprint density at radius 3 is 2.84 bits per heavy atom. The van der Waals surface area contributed by atoms with Crippen LogP contribution < -0.4 is 10.1 Å². The quantitative estimate of drug-likeness (QED) is 0.861. The SMILES string of the molecule is CC(Cn1cccn1)Nc1cc(OC(C)C)ncn1. The summed E-state index contributed by atoms with van der Waals surface area (Å²) in [5.74, 6) is 1.34. The fraction of sp³-hybridized carbons (Fsp3) is 0.462. The maximum Gasteiger partial charge on any atom is 0.218 e. The summed E-state index contributed by atoms with van der Waals surface area (Å²) in [7, 11) is 0. The second kappa shape index (κ2) is 6.17. The Morgan fingerprint density at radius 1 is 1.32 bits per heavy atom. The van der Waals surface area contributed by atoms with Crippen LogP contribution in [0.4, 0.5) is 5.82 Å². The van der Waals surface area contributed by atoms with E-state index in [0.717, 1.165) is 12.4 Å². The molecule has 2 rings (SSSR count). The molecule has 0 amide bonds. The van der Waals surface area contributed by atoms with E-state index in [1.54, 1.807) is 12.3 Å². The topological polar surface area (TPSA) is 64.9 Å². The molecule has 0 bridgehead atoms. The van der Waals surface area contributed by atoms with Crippen LogP contribution in [0.15, 0.2) is 30.9 Å². The van der Waals surface area contributed by atoms with Gasteiger partial charge in [0.25, 0.3) is 0 Å². The van der Waals surface area contributed by atoms with E-state index in [1.807, 2.05) is 30.8 Å². The molecule has 0 saturated carbocycles. The average Bonchev–Trinajstić information content (AvgIpc) is 2.81. The first-order valence-corrected chi connectivity index (χ1v) is 6.36. The van der Waals surface area contributed by atoms with Crippen molar-refractivity contribution in [2.45, 2.75) is 39.5 Å². The molecule has 0 aliphatic carbocycles. The smallest absolute Gasteiger partial charge is 0.218 e. The third-order valence-corrected chi connectivity index (χ3v) is 2.41. The molecule has 2 heterocycles. The number of rotatable bonds is 6. The van der Waals surface area contributed by atoms with Crippen LogP contribution in [0, 0.1) is 0 Å². The molecule has 0 fully saturated rings. The fourth-order valence-electron chi connectivity index (χ4n) is 1.71. The molecule has 2 aromatic rings. The molecule has 0 aliphatic rings. The van der Waals surface area contributed by atoms with Gasteiger partial charge in [0, 0.05) is 24.5 Å². The van der Waals surface area contributed by atoms with Gasteiger partial charge in [-0.2, -0.15) is 5.10 Å². The molecule has 0 aliphatic heterocycles. The fourth-order valence-corrected chi connectivity index (χ4v) is 1.71. The summed E-state index contributed by atoms with van der Waals surface area (Å²) >= 11 is 0. The van der Waals surface area contributed by atoms with E-state index in [9.17, 15) is 0 Å². The van der Waals surface area contributed by atoms with Gasteiger partial charge in [0.1, 0.15) is 12.1 Å². The van der Waals surface area contributed by atoms with Gasteiger partial charge in [-0.25, -0.2) is 9.97 Å².